The maximum absolute atomic E-state index is 13.1. The number of fused-ring (bicyclic) bond motifs is 1. The summed E-state index contributed by atoms with van der Waals surface area (Å²) in [7, 11) is 0. The normalized spacial score (nSPS) is 10.9. The van der Waals surface area contributed by atoms with Crippen LogP contribution in [-0.4, -0.2) is 23.3 Å². The van der Waals surface area contributed by atoms with Gasteiger partial charge in [-0.05, 0) is 56.2 Å². The van der Waals surface area contributed by atoms with Crippen molar-refractivity contribution in [3.05, 3.63) is 99.0 Å². The maximum atomic E-state index is 13.1. The first-order valence-electron chi connectivity index (χ1n) is 10.3. The van der Waals surface area contributed by atoms with Gasteiger partial charge in [0.2, 0.25) is 5.78 Å². The number of ketones is 1. The van der Waals surface area contributed by atoms with Crippen molar-refractivity contribution in [2.45, 2.75) is 20.8 Å². The van der Waals surface area contributed by atoms with Gasteiger partial charge >= 0.3 is 5.97 Å². The average Bonchev–Trinajstić information content (AvgIpc) is 2.79. The Balaban J connectivity index is 1.68. The van der Waals surface area contributed by atoms with Gasteiger partial charge in [0.15, 0.2) is 6.61 Å². The van der Waals surface area contributed by atoms with Crippen molar-refractivity contribution in [1.29, 1.82) is 0 Å². The van der Waals surface area contributed by atoms with E-state index in [4.69, 9.17) is 9.72 Å². The minimum Gasteiger partial charge on any atom is -0.454 e. The smallest absolute Gasteiger partial charge is 0.339 e. The summed E-state index contributed by atoms with van der Waals surface area (Å²) in [5, 5.41) is 0.704. The molecule has 3 aromatic carbocycles. The molecule has 0 atom stereocenters. The highest BCUT2D eigenvalue weighted by Crippen LogP contribution is 2.28. The summed E-state index contributed by atoms with van der Waals surface area (Å²) < 4.78 is 6.43. The predicted octanol–water partition coefficient (Wildman–Crippen LogP) is 6.63. The van der Waals surface area contributed by atoms with Gasteiger partial charge in [0.1, 0.15) is 0 Å². The first-order chi connectivity index (χ1) is 15.3. The summed E-state index contributed by atoms with van der Waals surface area (Å²) in [4.78, 5) is 30.6. The lowest BCUT2D eigenvalue weighted by molar-refractivity contribution is 0.0476. The van der Waals surface area contributed by atoms with Crippen molar-refractivity contribution in [1.82, 2.24) is 4.98 Å². The number of Topliss-reactive ketones (excluding diaryl/α,β-unsaturated/α-hetero) is 1. The average molecular weight is 488 g/mol. The number of ether oxygens (including phenoxy) is 1. The molecular weight excluding hydrogens is 466 g/mol. The van der Waals surface area contributed by atoms with Gasteiger partial charge in [-0.3, -0.25) is 4.79 Å². The molecule has 0 saturated carbocycles. The third-order valence-corrected chi connectivity index (χ3v) is 5.96. The van der Waals surface area contributed by atoms with E-state index >= 15 is 0 Å². The molecule has 0 fully saturated rings. The highest BCUT2D eigenvalue weighted by atomic mass is 79.9. The van der Waals surface area contributed by atoms with Crippen molar-refractivity contribution in [3.63, 3.8) is 0 Å². The molecule has 0 spiro atoms. The largest absolute Gasteiger partial charge is 0.454 e. The number of hydrogen-bond acceptors (Lipinski definition) is 4. The van der Waals surface area contributed by atoms with Crippen molar-refractivity contribution >= 4 is 38.6 Å². The van der Waals surface area contributed by atoms with Crippen LogP contribution in [0.3, 0.4) is 0 Å². The van der Waals surface area contributed by atoms with Crippen LogP contribution in [0.1, 0.15) is 37.4 Å². The number of para-hydroxylation sites is 1. The van der Waals surface area contributed by atoms with Gasteiger partial charge in [-0.1, -0.05) is 64.0 Å². The highest BCUT2D eigenvalue weighted by molar-refractivity contribution is 9.10. The molecule has 4 aromatic rings. The van der Waals surface area contributed by atoms with Crippen LogP contribution >= 0.6 is 15.9 Å². The summed E-state index contributed by atoms with van der Waals surface area (Å²) in [5.41, 5.74) is 6.07. The molecule has 0 unspecified atom stereocenters. The number of aromatic nitrogens is 1. The minimum atomic E-state index is -0.542. The second-order valence-electron chi connectivity index (χ2n) is 7.85. The van der Waals surface area contributed by atoms with Crippen molar-refractivity contribution in [2.24, 2.45) is 0 Å². The summed E-state index contributed by atoms with van der Waals surface area (Å²) in [5.74, 6) is -0.762. The van der Waals surface area contributed by atoms with E-state index in [9.17, 15) is 9.59 Å². The molecule has 0 radical (unpaired) electrons. The lowest BCUT2D eigenvalue weighted by Gasteiger charge is -2.12. The zero-order chi connectivity index (χ0) is 22.8. The number of hydrogen-bond donors (Lipinski definition) is 0. The van der Waals surface area contributed by atoms with Crippen LogP contribution in [0.2, 0.25) is 0 Å². The Labute approximate surface area is 195 Å². The van der Waals surface area contributed by atoms with E-state index in [0.717, 1.165) is 32.2 Å². The molecule has 160 valence electrons. The van der Waals surface area contributed by atoms with E-state index in [2.05, 4.69) is 15.9 Å². The van der Waals surface area contributed by atoms with Gasteiger partial charge in [0.05, 0.1) is 16.8 Å². The lowest BCUT2D eigenvalue weighted by Crippen LogP contribution is -2.16. The molecule has 0 bridgehead atoms. The van der Waals surface area contributed by atoms with Crippen LogP contribution < -0.4 is 0 Å². The Bertz CT molecular complexity index is 1340. The number of benzene rings is 3. The van der Waals surface area contributed by atoms with E-state index in [0.29, 0.717) is 22.2 Å². The predicted molar refractivity (Wildman–Crippen MR) is 130 cm³/mol. The van der Waals surface area contributed by atoms with Crippen LogP contribution in [-0.2, 0) is 4.74 Å². The van der Waals surface area contributed by atoms with E-state index < -0.39 is 5.97 Å². The second kappa shape index (κ2) is 9.05. The van der Waals surface area contributed by atoms with E-state index in [-0.39, 0.29) is 12.4 Å². The number of nitrogens with zero attached hydrogens (tertiary/aromatic N) is 1. The second-order valence-corrected chi connectivity index (χ2v) is 8.77. The molecule has 32 heavy (non-hydrogen) atoms. The van der Waals surface area contributed by atoms with Gasteiger partial charge in [0, 0.05) is 21.0 Å². The number of aryl methyl sites for hydroxylation is 3. The molecule has 0 aliphatic heterocycles. The fourth-order valence-corrected chi connectivity index (χ4v) is 3.92. The van der Waals surface area contributed by atoms with Gasteiger partial charge < -0.3 is 4.74 Å². The molecular formula is C27H22BrNO3. The van der Waals surface area contributed by atoms with Crippen molar-refractivity contribution in [2.75, 3.05) is 6.61 Å². The first-order valence-corrected chi connectivity index (χ1v) is 11.1. The van der Waals surface area contributed by atoms with Gasteiger partial charge in [0.25, 0.3) is 0 Å². The van der Waals surface area contributed by atoms with E-state index in [1.165, 1.54) is 0 Å². The van der Waals surface area contributed by atoms with E-state index in [1.807, 2.05) is 81.4 Å². The number of esters is 1. The number of carbonyl (C=O) groups excluding carboxylic acids is 2. The van der Waals surface area contributed by atoms with Crippen LogP contribution in [0.15, 0.2) is 71.2 Å². The molecule has 1 heterocycles. The Morgan fingerprint density at radius 1 is 0.875 bits per heavy atom. The number of pyridine rings is 1. The minimum absolute atomic E-state index is 0.220. The zero-order valence-electron chi connectivity index (χ0n) is 18.1. The molecule has 0 saturated heterocycles. The first kappa shape index (κ1) is 21.9. The van der Waals surface area contributed by atoms with Crippen molar-refractivity contribution in [3.8, 4) is 11.3 Å². The molecule has 0 N–H and O–H groups in total. The fraction of sp³-hybridized carbons (Fsp3) is 0.148. The molecule has 1 aromatic heterocycles. The monoisotopic (exact) mass is 487 g/mol. The van der Waals surface area contributed by atoms with Gasteiger partial charge in [-0.2, -0.15) is 0 Å². The third kappa shape index (κ3) is 4.48. The Morgan fingerprint density at radius 3 is 2.38 bits per heavy atom. The molecule has 0 aliphatic carbocycles. The van der Waals surface area contributed by atoms with Gasteiger partial charge in [-0.15, -0.1) is 0 Å². The SMILES string of the molecule is Cc1ccc(C)c(C(=O)COC(=O)c2cc(-c3ccc(Br)cc3)nc3c(C)cccc23)c1. The topological polar surface area (TPSA) is 56.3 Å². The zero-order valence-corrected chi connectivity index (χ0v) is 19.7. The molecule has 4 rings (SSSR count). The Morgan fingerprint density at radius 2 is 1.62 bits per heavy atom. The summed E-state index contributed by atoms with van der Waals surface area (Å²) in [6.45, 7) is 5.45. The Hall–Kier alpha value is -3.31. The fourth-order valence-electron chi connectivity index (χ4n) is 3.65. The quantitative estimate of drug-likeness (QED) is 0.234. The van der Waals surface area contributed by atoms with Gasteiger partial charge in [-0.25, -0.2) is 9.78 Å². The lowest BCUT2D eigenvalue weighted by atomic mass is 10.0. The highest BCUT2D eigenvalue weighted by Gasteiger charge is 2.18. The number of rotatable bonds is 5. The molecule has 0 amide bonds. The Kier molecular flexibility index (Phi) is 6.19. The standard InChI is InChI=1S/C27H22BrNO3/c1-16-7-8-17(2)22(13-16)25(30)15-32-27(31)23-14-24(19-9-11-20(28)12-10-19)29-26-18(3)5-4-6-21(23)26/h4-14H,15H2,1-3H3. The summed E-state index contributed by atoms with van der Waals surface area (Å²) in [6.07, 6.45) is 0. The number of halogens is 1. The third-order valence-electron chi connectivity index (χ3n) is 5.43. The molecule has 0 aliphatic rings. The van der Waals surface area contributed by atoms with Crippen LogP contribution in [0.25, 0.3) is 22.2 Å². The van der Waals surface area contributed by atoms with Crippen molar-refractivity contribution < 1.29 is 14.3 Å². The van der Waals surface area contributed by atoms with Crippen LogP contribution in [0.4, 0.5) is 0 Å². The number of carbonyl (C=O) groups is 2. The molecule has 4 nitrogen and oxygen atoms in total. The summed E-state index contributed by atoms with van der Waals surface area (Å²) in [6, 6.07) is 20.8. The maximum Gasteiger partial charge on any atom is 0.339 e. The van der Waals surface area contributed by atoms with Crippen LogP contribution in [0.5, 0.6) is 0 Å². The van der Waals surface area contributed by atoms with E-state index in [1.54, 1.807) is 6.07 Å². The summed E-state index contributed by atoms with van der Waals surface area (Å²) >= 11 is 3.44. The molecule has 5 heteroatoms. The van der Waals surface area contributed by atoms with Crippen LogP contribution in [0, 0.1) is 20.8 Å².